The Morgan fingerprint density at radius 2 is 1.28 bits per heavy atom. The second kappa shape index (κ2) is 10.6. The first-order chi connectivity index (χ1) is 16.8. The fraction of sp³-hybridized carbons (Fsp3) is 0.909. The normalized spacial score (nSPS) is 36.7. The van der Waals surface area contributed by atoms with Gasteiger partial charge in [0.1, 0.15) is 25.3 Å². The van der Waals surface area contributed by atoms with Crippen molar-refractivity contribution in [3.8, 4) is 0 Å². The van der Waals surface area contributed by atoms with E-state index in [-0.39, 0.29) is 75.8 Å². The third-order valence-electron chi connectivity index (χ3n) is 7.67. The van der Waals surface area contributed by atoms with Crippen LogP contribution >= 0.6 is 0 Å². The molecule has 5 aliphatic rings. The summed E-state index contributed by atoms with van der Waals surface area (Å²) in [4.78, 5) is 24.7. The van der Waals surface area contributed by atoms with Crippen molar-refractivity contribution in [3.05, 3.63) is 0 Å². The highest BCUT2D eigenvalue weighted by atomic mass is 19.4. The van der Waals surface area contributed by atoms with Gasteiger partial charge in [0.05, 0.1) is 12.2 Å². The predicted octanol–water partition coefficient (Wildman–Crippen LogP) is 1.54. The molecule has 0 spiro atoms. The van der Waals surface area contributed by atoms with Gasteiger partial charge < -0.3 is 30.7 Å². The average Bonchev–Trinajstić information content (AvgIpc) is 3.29. The molecule has 3 aliphatic carbocycles. The van der Waals surface area contributed by atoms with Crippen molar-refractivity contribution in [1.29, 1.82) is 0 Å². The fourth-order valence-corrected chi connectivity index (χ4v) is 5.78. The van der Waals surface area contributed by atoms with E-state index in [1.165, 1.54) is 0 Å². The lowest BCUT2D eigenvalue weighted by Gasteiger charge is -2.39. The zero-order valence-corrected chi connectivity index (χ0v) is 19.6. The molecule has 206 valence electrons. The molecule has 8 nitrogen and oxygen atoms in total. The first kappa shape index (κ1) is 27.4. The van der Waals surface area contributed by atoms with Gasteiger partial charge in [-0.3, -0.25) is 9.59 Å². The number of fused-ring (bicyclic) bond motifs is 1. The summed E-state index contributed by atoms with van der Waals surface area (Å²) in [5, 5.41) is 10.6. The zero-order chi connectivity index (χ0) is 26.1. The number of hydrogen-bond acceptors (Lipinski definition) is 6. The molecule has 4 unspecified atom stereocenters. The molecule has 2 saturated heterocycles. The van der Waals surface area contributed by atoms with Crippen molar-refractivity contribution in [3.63, 3.8) is 0 Å². The van der Waals surface area contributed by atoms with Crippen LogP contribution < -0.4 is 21.3 Å². The minimum atomic E-state index is -4.30. The van der Waals surface area contributed by atoms with Crippen LogP contribution in [0.5, 0.6) is 0 Å². The number of carbonyl (C=O) groups excluding carboxylic acids is 2. The average molecular weight is 531 g/mol. The minimum absolute atomic E-state index is 0.0283. The number of carbonyl (C=O) groups is 2. The summed E-state index contributed by atoms with van der Waals surface area (Å²) >= 11 is 0. The second-order valence-electron chi connectivity index (χ2n) is 10.4. The highest BCUT2D eigenvalue weighted by Gasteiger charge is 2.57. The maximum absolute atomic E-state index is 12.7. The summed E-state index contributed by atoms with van der Waals surface area (Å²) in [6, 6.07) is -3.23. The Morgan fingerprint density at radius 1 is 0.778 bits per heavy atom. The van der Waals surface area contributed by atoms with Crippen molar-refractivity contribution in [2.24, 2.45) is 5.92 Å². The number of piperidine rings is 2. The van der Waals surface area contributed by atoms with E-state index in [1.54, 1.807) is 0 Å². The van der Waals surface area contributed by atoms with Crippen LogP contribution in [-0.4, -0.2) is 86.3 Å². The third kappa shape index (κ3) is 6.81. The molecule has 0 aromatic carbocycles. The van der Waals surface area contributed by atoms with Crippen LogP contribution in [0.3, 0.4) is 0 Å². The zero-order valence-electron chi connectivity index (χ0n) is 19.6. The van der Waals surface area contributed by atoms with E-state index in [4.69, 9.17) is 9.47 Å². The molecule has 2 aliphatic heterocycles. The summed E-state index contributed by atoms with van der Waals surface area (Å²) in [6.07, 6.45) is -7.33. The molecule has 4 N–H and O–H groups in total. The number of nitrogens with one attached hydrogen (secondary N) is 4. The summed E-state index contributed by atoms with van der Waals surface area (Å²) < 4.78 is 87.2. The molecule has 2 heterocycles. The lowest BCUT2D eigenvalue weighted by Crippen LogP contribution is -2.54. The van der Waals surface area contributed by atoms with E-state index in [9.17, 15) is 35.9 Å². The van der Waals surface area contributed by atoms with Crippen LogP contribution in [0.15, 0.2) is 0 Å². The Hall–Kier alpha value is -1.64. The molecular formula is C22H32F6N4O4. The van der Waals surface area contributed by atoms with Crippen molar-refractivity contribution >= 4 is 11.8 Å². The standard InChI is InChI=1S/C22H32F6N4O4/c23-21(24,25)16-3-1-13(8-29-16)35-10-18(33)31-15-7-20(5-12(15)6-20)32-19(34)11-36-14-2-4-17(30-9-14)22(26,27)28/h12-17,29-30H,1-11H2,(H,31,33)(H,32,34)/t12?,13?,14?,15-,16?,17?,20?/m0/s1. The molecule has 0 aromatic heterocycles. The quantitative estimate of drug-likeness (QED) is 0.356. The molecule has 0 radical (unpaired) electrons. The highest BCUT2D eigenvalue weighted by Crippen LogP contribution is 2.52. The maximum atomic E-state index is 12.7. The Balaban J connectivity index is 1.10. The van der Waals surface area contributed by atoms with Crippen LogP contribution in [0.1, 0.15) is 44.9 Å². The number of amides is 2. The SMILES string of the molecule is O=C(COC1CCC(C(F)(F)F)NC1)N[C@H]1CC2(NC(=O)COC3CCC(C(F)(F)F)NC3)CC1C2. The lowest BCUT2D eigenvalue weighted by atomic mass is 9.76. The van der Waals surface area contributed by atoms with E-state index in [1.807, 2.05) is 0 Å². The third-order valence-corrected chi connectivity index (χ3v) is 7.67. The van der Waals surface area contributed by atoms with Crippen LogP contribution in [0, 0.1) is 5.92 Å². The lowest BCUT2D eigenvalue weighted by molar-refractivity contribution is -0.167. The smallest absolute Gasteiger partial charge is 0.367 e. The van der Waals surface area contributed by atoms with Gasteiger partial charge in [-0.2, -0.15) is 26.3 Å². The van der Waals surface area contributed by atoms with Crippen LogP contribution in [0.25, 0.3) is 0 Å². The first-order valence-electron chi connectivity index (χ1n) is 12.3. The molecule has 5 rings (SSSR count). The van der Waals surface area contributed by atoms with Gasteiger partial charge in [-0.05, 0) is 50.9 Å². The maximum Gasteiger partial charge on any atom is 0.403 e. The van der Waals surface area contributed by atoms with E-state index in [2.05, 4.69) is 21.3 Å². The molecule has 14 heteroatoms. The van der Waals surface area contributed by atoms with Crippen LogP contribution in [-0.2, 0) is 19.1 Å². The second-order valence-corrected chi connectivity index (χ2v) is 10.4. The van der Waals surface area contributed by atoms with Crippen molar-refractivity contribution in [2.75, 3.05) is 26.3 Å². The summed E-state index contributed by atoms with van der Waals surface area (Å²) in [7, 11) is 0. The largest absolute Gasteiger partial charge is 0.403 e. The van der Waals surface area contributed by atoms with Gasteiger partial charge in [0.15, 0.2) is 0 Å². The van der Waals surface area contributed by atoms with Gasteiger partial charge in [0, 0.05) is 24.7 Å². The van der Waals surface area contributed by atoms with Crippen molar-refractivity contribution in [1.82, 2.24) is 21.3 Å². The minimum Gasteiger partial charge on any atom is -0.367 e. The fourth-order valence-electron chi connectivity index (χ4n) is 5.78. The van der Waals surface area contributed by atoms with E-state index < -0.39 is 42.2 Å². The molecular weight excluding hydrogens is 498 g/mol. The number of hydrogen-bond donors (Lipinski definition) is 4. The summed E-state index contributed by atoms with van der Waals surface area (Å²) in [5.41, 5.74) is -0.435. The van der Waals surface area contributed by atoms with Crippen molar-refractivity contribution < 1.29 is 45.4 Å². The number of alkyl halides is 6. The molecule has 0 aromatic rings. The number of halogens is 6. The van der Waals surface area contributed by atoms with E-state index in [0.717, 1.165) is 0 Å². The summed E-state index contributed by atoms with van der Waals surface area (Å²) in [5.74, 6) is -0.484. The molecule has 5 atom stereocenters. The number of ether oxygens (including phenoxy) is 2. The predicted molar refractivity (Wildman–Crippen MR) is 114 cm³/mol. The van der Waals surface area contributed by atoms with Gasteiger partial charge in [0.25, 0.3) is 0 Å². The van der Waals surface area contributed by atoms with Gasteiger partial charge in [-0.1, -0.05) is 0 Å². The van der Waals surface area contributed by atoms with Crippen LogP contribution in [0.2, 0.25) is 0 Å². The molecule has 3 saturated carbocycles. The Bertz CT molecular complexity index is 788. The Kier molecular flexibility index (Phi) is 8.08. The summed E-state index contributed by atoms with van der Waals surface area (Å²) in [6.45, 7) is -0.434. The van der Waals surface area contributed by atoms with E-state index >= 15 is 0 Å². The Labute approximate surface area is 204 Å². The van der Waals surface area contributed by atoms with Gasteiger partial charge in [0.2, 0.25) is 11.8 Å². The molecule has 5 fully saturated rings. The molecule has 2 amide bonds. The molecule has 2 bridgehead atoms. The van der Waals surface area contributed by atoms with Crippen molar-refractivity contribution in [2.45, 2.75) is 93.2 Å². The van der Waals surface area contributed by atoms with E-state index in [0.29, 0.717) is 19.3 Å². The number of rotatable bonds is 8. The van der Waals surface area contributed by atoms with Crippen LogP contribution in [0.4, 0.5) is 26.3 Å². The highest BCUT2D eigenvalue weighted by molar-refractivity contribution is 5.79. The first-order valence-corrected chi connectivity index (χ1v) is 12.3. The van der Waals surface area contributed by atoms with Gasteiger partial charge >= 0.3 is 12.4 Å². The monoisotopic (exact) mass is 530 g/mol. The Morgan fingerprint density at radius 3 is 1.72 bits per heavy atom. The molecule has 36 heavy (non-hydrogen) atoms. The topological polar surface area (TPSA) is 101 Å². The van der Waals surface area contributed by atoms with Gasteiger partial charge in [-0.15, -0.1) is 0 Å². The van der Waals surface area contributed by atoms with Gasteiger partial charge in [-0.25, -0.2) is 0 Å².